The first-order chi connectivity index (χ1) is 10.7. The molecule has 3 heterocycles. The zero-order chi connectivity index (χ0) is 15.1. The molecule has 3 saturated heterocycles. The molecule has 0 spiro atoms. The van der Waals surface area contributed by atoms with Crippen LogP contribution < -0.4 is 10.6 Å². The first-order valence-electron chi connectivity index (χ1n) is 9.75. The quantitative estimate of drug-likeness (QED) is 0.823. The van der Waals surface area contributed by atoms with Gasteiger partial charge in [0.15, 0.2) is 0 Å². The summed E-state index contributed by atoms with van der Waals surface area (Å²) in [6, 6.07) is 0. The fourth-order valence-corrected chi connectivity index (χ4v) is 6.22. The molecule has 7 unspecified atom stereocenters. The summed E-state index contributed by atoms with van der Waals surface area (Å²) in [5.74, 6) is 6.26. The maximum Gasteiger partial charge on any atom is 0.0604 e. The third-order valence-electron chi connectivity index (χ3n) is 7.18. The third-order valence-corrected chi connectivity index (χ3v) is 7.18. The smallest absolute Gasteiger partial charge is 0.0604 e. The Balaban J connectivity index is 1.42. The van der Waals surface area contributed by atoms with Gasteiger partial charge in [-0.15, -0.1) is 0 Å². The van der Waals surface area contributed by atoms with E-state index < -0.39 is 0 Å². The van der Waals surface area contributed by atoms with E-state index in [0.717, 1.165) is 54.6 Å². The van der Waals surface area contributed by atoms with Crippen molar-refractivity contribution in [1.82, 2.24) is 10.6 Å². The zero-order valence-corrected chi connectivity index (χ0v) is 14.4. The second kappa shape index (κ2) is 6.41. The lowest BCUT2D eigenvalue weighted by Gasteiger charge is -2.43. The van der Waals surface area contributed by atoms with Crippen molar-refractivity contribution in [3.63, 3.8) is 0 Å². The highest BCUT2D eigenvalue weighted by Gasteiger charge is 2.45. The molecule has 0 radical (unpaired) electrons. The van der Waals surface area contributed by atoms with Crippen molar-refractivity contribution in [1.29, 1.82) is 0 Å². The molecule has 3 heteroatoms. The third kappa shape index (κ3) is 2.97. The molecular formula is C19H34N2O. The summed E-state index contributed by atoms with van der Waals surface area (Å²) in [4.78, 5) is 0. The van der Waals surface area contributed by atoms with Crippen LogP contribution in [0.2, 0.25) is 0 Å². The van der Waals surface area contributed by atoms with Crippen molar-refractivity contribution in [2.24, 2.45) is 41.4 Å². The molecule has 4 fully saturated rings. The molecule has 7 atom stereocenters. The molecule has 2 N–H and O–H groups in total. The van der Waals surface area contributed by atoms with Gasteiger partial charge in [-0.2, -0.15) is 0 Å². The summed E-state index contributed by atoms with van der Waals surface area (Å²) in [7, 11) is 0. The molecule has 1 aliphatic carbocycles. The minimum absolute atomic E-state index is 0.584. The molecule has 22 heavy (non-hydrogen) atoms. The normalized spacial score (nSPS) is 52.6. The molecule has 126 valence electrons. The number of hydrogen-bond acceptors (Lipinski definition) is 3. The van der Waals surface area contributed by atoms with Gasteiger partial charge in [-0.25, -0.2) is 0 Å². The summed E-state index contributed by atoms with van der Waals surface area (Å²) in [6.07, 6.45) is 7.72. The Morgan fingerprint density at radius 3 is 2.27 bits per heavy atom. The summed E-state index contributed by atoms with van der Waals surface area (Å²) >= 11 is 0. The van der Waals surface area contributed by atoms with E-state index in [1.807, 2.05) is 0 Å². The van der Waals surface area contributed by atoms with Crippen LogP contribution in [0.5, 0.6) is 0 Å². The van der Waals surface area contributed by atoms with Crippen LogP contribution in [-0.4, -0.2) is 32.5 Å². The van der Waals surface area contributed by atoms with Crippen LogP contribution in [0.25, 0.3) is 0 Å². The predicted octanol–water partition coefficient (Wildman–Crippen LogP) is 2.87. The van der Waals surface area contributed by atoms with Crippen molar-refractivity contribution in [2.45, 2.75) is 52.1 Å². The Morgan fingerprint density at radius 2 is 1.55 bits per heavy atom. The van der Waals surface area contributed by atoms with Crippen LogP contribution >= 0.6 is 0 Å². The highest BCUT2D eigenvalue weighted by atomic mass is 16.5. The van der Waals surface area contributed by atoms with Crippen LogP contribution in [0, 0.1) is 41.4 Å². The number of rotatable bonds is 2. The first kappa shape index (κ1) is 15.4. The number of ether oxygens (including phenoxy) is 1. The van der Waals surface area contributed by atoms with E-state index in [-0.39, 0.29) is 0 Å². The number of hydrogen-bond donors (Lipinski definition) is 2. The standard InChI is InChI=1S/C19H34N2O/c1-12-5-13(2)7-15(6-12)16-8-17-18(14-3-4-22-11-14)10-21-19(17)20-9-16/h12-21H,3-11H2,1-2H3. The maximum absolute atomic E-state index is 5.67. The predicted molar refractivity (Wildman–Crippen MR) is 89.5 cm³/mol. The lowest BCUT2D eigenvalue weighted by Crippen LogP contribution is -2.51. The van der Waals surface area contributed by atoms with Crippen LogP contribution in [0.1, 0.15) is 46.0 Å². The Labute approximate surface area is 135 Å². The maximum atomic E-state index is 5.67. The summed E-state index contributed by atoms with van der Waals surface area (Å²) in [6.45, 7) is 9.40. The van der Waals surface area contributed by atoms with Crippen molar-refractivity contribution in [3.8, 4) is 0 Å². The molecule has 1 saturated carbocycles. The van der Waals surface area contributed by atoms with Crippen molar-refractivity contribution in [2.75, 3.05) is 26.3 Å². The fraction of sp³-hybridized carbons (Fsp3) is 1.00. The number of nitrogens with one attached hydrogen (secondary N) is 2. The second-order valence-electron chi connectivity index (χ2n) is 8.92. The van der Waals surface area contributed by atoms with Crippen LogP contribution in [0.3, 0.4) is 0 Å². The van der Waals surface area contributed by atoms with E-state index >= 15 is 0 Å². The van der Waals surface area contributed by atoms with E-state index in [1.165, 1.54) is 45.2 Å². The van der Waals surface area contributed by atoms with E-state index in [9.17, 15) is 0 Å². The van der Waals surface area contributed by atoms with Crippen molar-refractivity contribution in [3.05, 3.63) is 0 Å². The Hall–Kier alpha value is -0.120. The Kier molecular flexibility index (Phi) is 4.49. The van der Waals surface area contributed by atoms with Gasteiger partial charge in [-0.3, -0.25) is 0 Å². The average molecular weight is 306 g/mol. The molecule has 0 aromatic carbocycles. The van der Waals surface area contributed by atoms with E-state index in [1.54, 1.807) is 0 Å². The summed E-state index contributed by atoms with van der Waals surface area (Å²) in [5.41, 5.74) is 0. The van der Waals surface area contributed by atoms with Gasteiger partial charge in [0.1, 0.15) is 0 Å². The molecule has 3 nitrogen and oxygen atoms in total. The molecule has 0 aromatic rings. The van der Waals surface area contributed by atoms with Crippen molar-refractivity contribution < 1.29 is 4.74 Å². The highest BCUT2D eigenvalue weighted by Crippen LogP contribution is 2.44. The lowest BCUT2D eigenvalue weighted by molar-refractivity contribution is 0.0839. The van der Waals surface area contributed by atoms with Crippen LogP contribution in [-0.2, 0) is 4.74 Å². The van der Waals surface area contributed by atoms with Gasteiger partial charge in [0.2, 0.25) is 0 Å². The fourth-order valence-electron chi connectivity index (χ4n) is 6.22. The molecule has 0 bridgehead atoms. The molecule has 4 aliphatic rings. The molecule has 0 aromatic heterocycles. The minimum atomic E-state index is 0.584. The molecule has 4 rings (SSSR count). The summed E-state index contributed by atoms with van der Waals surface area (Å²) in [5, 5.41) is 7.62. The summed E-state index contributed by atoms with van der Waals surface area (Å²) < 4.78 is 5.67. The van der Waals surface area contributed by atoms with E-state index in [4.69, 9.17) is 4.74 Å². The van der Waals surface area contributed by atoms with Gasteiger partial charge in [-0.1, -0.05) is 13.8 Å². The molecular weight excluding hydrogens is 272 g/mol. The van der Waals surface area contributed by atoms with Gasteiger partial charge in [0, 0.05) is 19.8 Å². The van der Waals surface area contributed by atoms with E-state index in [0.29, 0.717) is 6.17 Å². The van der Waals surface area contributed by atoms with Crippen molar-refractivity contribution >= 4 is 0 Å². The van der Waals surface area contributed by atoms with Gasteiger partial charge >= 0.3 is 0 Å². The number of fused-ring (bicyclic) bond motifs is 1. The zero-order valence-electron chi connectivity index (χ0n) is 14.4. The van der Waals surface area contributed by atoms with Crippen LogP contribution in [0.15, 0.2) is 0 Å². The molecule has 3 aliphatic heterocycles. The average Bonchev–Trinajstić information content (AvgIpc) is 3.14. The topological polar surface area (TPSA) is 33.3 Å². The van der Waals surface area contributed by atoms with E-state index in [2.05, 4.69) is 24.5 Å². The van der Waals surface area contributed by atoms with Gasteiger partial charge in [0.05, 0.1) is 6.17 Å². The van der Waals surface area contributed by atoms with Gasteiger partial charge in [0.25, 0.3) is 0 Å². The molecule has 0 amide bonds. The Bertz CT molecular complexity index is 372. The Morgan fingerprint density at radius 1 is 0.773 bits per heavy atom. The van der Waals surface area contributed by atoms with Crippen LogP contribution in [0.4, 0.5) is 0 Å². The largest absolute Gasteiger partial charge is 0.381 e. The second-order valence-corrected chi connectivity index (χ2v) is 8.92. The number of piperidine rings is 1. The lowest BCUT2D eigenvalue weighted by atomic mass is 9.66. The first-order valence-corrected chi connectivity index (χ1v) is 9.75. The SMILES string of the molecule is CC1CC(C)CC(C2CNC3NCC(C4CCOC4)C3C2)C1. The minimum Gasteiger partial charge on any atom is -0.381 e. The van der Waals surface area contributed by atoms with Gasteiger partial charge in [-0.05, 0) is 80.1 Å². The highest BCUT2D eigenvalue weighted by molar-refractivity contribution is 4.98. The monoisotopic (exact) mass is 306 g/mol. The van der Waals surface area contributed by atoms with Gasteiger partial charge < -0.3 is 15.4 Å².